The molecule has 4 nitrogen and oxygen atoms in total. The quantitative estimate of drug-likeness (QED) is 0.736. The van der Waals surface area contributed by atoms with Gasteiger partial charge in [-0.3, -0.25) is 4.79 Å². The monoisotopic (exact) mass is 343 g/mol. The lowest BCUT2D eigenvalue weighted by Crippen LogP contribution is -1.98. The Labute approximate surface area is 144 Å². The molecule has 25 heavy (non-hydrogen) atoms. The molecule has 3 rings (SSSR count). The number of aryl methyl sites for hydroxylation is 2. The Morgan fingerprint density at radius 2 is 1.80 bits per heavy atom. The third-order valence-corrected chi connectivity index (χ3v) is 3.65. The number of rotatable bonds is 3. The highest BCUT2D eigenvalue weighted by molar-refractivity contribution is 5.60. The molecule has 0 bridgehead atoms. The van der Waals surface area contributed by atoms with Crippen LogP contribution in [0.4, 0.5) is 8.78 Å². The molecule has 0 aliphatic carbocycles. The van der Waals surface area contributed by atoms with Crippen molar-refractivity contribution in [3.63, 3.8) is 0 Å². The number of nitrogens with two attached hydrogens (primary N) is 1. The lowest BCUT2D eigenvalue weighted by atomic mass is 10.1. The van der Waals surface area contributed by atoms with Gasteiger partial charge in [0.1, 0.15) is 17.5 Å². The van der Waals surface area contributed by atoms with E-state index in [1.807, 2.05) is 17.7 Å². The summed E-state index contributed by atoms with van der Waals surface area (Å²) in [5, 5.41) is 0. The maximum atomic E-state index is 13.4. The van der Waals surface area contributed by atoms with Crippen LogP contribution in [0.15, 0.2) is 48.7 Å². The van der Waals surface area contributed by atoms with Gasteiger partial charge < -0.3 is 10.3 Å². The number of aromatic nitrogens is 2. The first-order chi connectivity index (χ1) is 12.0. The van der Waals surface area contributed by atoms with Crippen LogP contribution in [0, 0.1) is 18.6 Å². The number of amides is 1. The summed E-state index contributed by atoms with van der Waals surface area (Å²) in [6, 6.07) is 11.2. The summed E-state index contributed by atoms with van der Waals surface area (Å²) < 4.78 is 28.4. The molecule has 2 aromatic carbocycles. The van der Waals surface area contributed by atoms with Crippen molar-refractivity contribution in [2.75, 3.05) is 0 Å². The van der Waals surface area contributed by atoms with Gasteiger partial charge in [-0.1, -0.05) is 6.92 Å². The van der Waals surface area contributed by atoms with Crippen LogP contribution in [-0.4, -0.2) is 16.0 Å². The van der Waals surface area contributed by atoms with Gasteiger partial charge in [0.05, 0.1) is 5.69 Å². The van der Waals surface area contributed by atoms with E-state index in [-0.39, 0.29) is 18.0 Å². The van der Waals surface area contributed by atoms with Gasteiger partial charge >= 0.3 is 0 Å². The zero-order valence-electron chi connectivity index (χ0n) is 14.0. The molecule has 1 amide bonds. The minimum absolute atomic E-state index is 0.225. The fourth-order valence-corrected chi connectivity index (χ4v) is 2.44. The standard InChI is InChI=1S/C18H16F2N2.CH3NO/c1-3-18-21-17(13-4-9-16(20)12(2)10-13)11-22(18)15-7-5-14(19)6-8-15;2-1-3/h4-11H,3H2,1-2H3;1H,(H2,2,3). The maximum Gasteiger partial charge on any atom is 0.204 e. The predicted octanol–water partition coefficient (Wildman–Crippen LogP) is 3.79. The fourth-order valence-electron chi connectivity index (χ4n) is 2.44. The smallest absolute Gasteiger partial charge is 0.204 e. The SMILES string of the molecule is CCc1nc(-c2ccc(F)c(C)c2)cn1-c1ccc(F)cc1.NC=O. The molecule has 6 heteroatoms. The molecule has 0 aliphatic heterocycles. The van der Waals surface area contributed by atoms with Crippen molar-refractivity contribution in [3.8, 4) is 16.9 Å². The van der Waals surface area contributed by atoms with Crippen LogP contribution in [0.2, 0.25) is 0 Å². The number of carbonyl (C=O) groups excluding carboxylic acids is 1. The fraction of sp³-hybridized carbons (Fsp3) is 0.158. The van der Waals surface area contributed by atoms with Gasteiger partial charge in [0.15, 0.2) is 0 Å². The lowest BCUT2D eigenvalue weighted by Gasteiger charge is -2.05. The molecule has 3 aromatic rings. The van der Waals surface area contributed by atoms with Crippen LogP contribution in [0.1, 0.15) is 18.3 Å². The normalized spacial score (nSPS) is 10.1. The summed E-state index contributed by atoms with van der Waals surface area (Å²) in [6.45, 7) is 3.75. The first kappa shape index (κ1) is 18.3. The van der Waals surface area contributed by atoms with E-state index in [0.717, 1.165) is 29.2 Å². The van der Waals surface area contributed by atoms with E-state index >= 15 is 0 Å². The second kappa shape index (κ2) is 8.19. The van der Waals surface area contributed by atoms with Gasteiger partial charge in [0.2, 0.25) is 6.41 Å². The van der Waals surface area contributed by atoms with E-state index in [9.17, 15) is 8.78 Å². The zero-order valence-corrected chi connectivity index (χ0v) is 14.0. The molecular weight excluding hydrogens is 324 g/mol. The zero-order chi connectivity index (χ0) is 18.4. The summed E-state index contributed by atoms with van der Waals surface area (Å²) in [5.74, 6) is 0.386. The number of carbonyl (C=O) groups is 1. The molecule has 1 heterocycles. The molecule has 1 aromatic heterocycles. The van der Waals surface area contributed by atoms with Gasteiger partial charge in [0, 0.05) is 23.9 Å². The Morgan fingerprint density at radius 3 is 2.36 bits per heavy atom. The van der Waals surface area contributed by atoms with Crippen molar-refractivity contribution in [3.05, 3.63) is 71.7 Å². The first-order valence-electron chi connectivity index (χ1n) is 7.76. The van der Waals surface area contributed by atoms with Crippen LogP contribution in [0.5, 0.6) is 0 Å². The molecule has 0 radical (unpaired) electrons. The number of hydrogen-bond donors (Lipinski definition) is 1. The molecule has 0 atom stereocenters. The van der Waals surface area contributed by atoms with Gasteiger partial charge in [-0.05, 0) is 55.0 Å². The number of halogens is 2. The minimum atomic E-state index is -0.267. The first-order valence-corrected chi connectivity index (χ1v) is 7.76. The maximum absolute atomic E-state index is 13.4. The van der Waals surface area contributed by atoms with Crippen LogP contribution in [-0.2, 0) is 11.2 Å². The molecule has 2 N–H and O–H groups in total. The largest absolute Gasteiger partial charge is 0.372 e. The molecule has 0 unspecified atom stereocenters. The summed E-state index contributed by atoms with van der Waals surface area (Å²) in [5.41, 5.74) is 7.27. The Bertz CT molecular complexity index is 858. The third kappa shape index (κ3) is 4.29. The molecule has 130 valence electrons. The highest BCUT2D eigenvalue weighted by atomic mass is 19.1. The van der Waals surface area contributed by atoms with Crippen molar-refractivity contribution in [1.82, 2.24) is 9.55 Å². The molecule has 0 fully saturated rings. The Balaban J connectivity index is 0.000000701. The highest BCUT2D eigenvalue weighted by Gasteiger charge is 2.11. The average molecular weight is 343 g/mol. The van der Waals surface area contributed by atoms with Gasteiger partial charge in [-0.2, -0.15) is 0 Å². The Morgan fingerprint density at radius 1 is 1.16 bits per heavy atom. The Kier molecular flexibility index (Phi) is 6.00. The molecule has 0 aliphatic rings. The third-order valence-electron chi connectivity index (χ3n) is 3.65. The second-order valence-corrected chi connectivity index (χ2v) is 5.34. The second-order valence-electron chi connectivity index (χ2n) is 5.34. The van der Waals surface area contributed by atoms with Crippen molar-refractivity contribution in [2.45, 2.75) is 20.3 Å². The lowest BCUT2D eigenvalue weighted by molar-refractivity contribution is -0.106. The van der Waals surface area contributed by atoms with E-state index in [1.54, 1.807) is 31.2 Å². The van der Waals surface area contributed by atoms with Crippen molar-refractivity contribution in [1.29, 1.82) is 0 Å². The van der Waals surface area contributed by atoms with Crippen LogP contribution in [0.3, 0.4) is 0 Å². The number of imidazole rings is 1. The minimum Gasteiger partial charge on any atom is -0.372 e. The Hall–Kier alpha value is -3.02. The molecule has 0 spiro atoms. The van der Waals surface area contributed by atoms with Gasteiger partial charge in [0.25, 0.3) is 0 Å². The summed E-state index contributed by atoms with van der Waals surface area (Å²) >= 11 is 0. The molecular formula is C19H19F2N3O. The van der Waals surface area contributed by atoms with Crippen molar-refractivity contribution >= 4 is 6.41 Å². The number of nitrogens with zero attached hydrogens (tertiary/aromatic N) is 2. The number of benzene rings is 2. The topological polar surface area (TPSA) is 60.9 Å². The molecule has 0 saturated carbocycles. The van der Waals surface area contributed by atoms with Crippen molar-refractivity contribution < 1.29 is 13.6 Å². The summed E-state index contributed by atoms with van der Waals surface area (Å²) in [7, 11) is 0. The van der Waals surface area contributed by atoms with E-state index in [0.29, 0.717) is 5.56 Å². The van der Waals surface area contributed by atoms with Gasteiger partial charge in [-0.25, -0.2) is 13.8 Å². The number of hydrogen-bond acceptors (Lipinski definition) is 2. The predicted molar refractivity (Wildman–Crippen MR) is 93.3 cm³/mol. The van der Waals surface area contributed by atoms with E-state index in [4.69, 9.17) is 4.79 Å². The molecule has 0 saturated heterocycles. The highest BCUT2D eigenvalue weighted by Crippen LogP contribution is 2.24. The average Bonchev–Trinajstić information content (AvgIpc) is 3.03. The van der Waals surface area contributed by atoms with E-state index in [1.165, 1.54) is 18.2 Å². The van der Waals surface area contributed by atoms with Crippen LogP contribution >= 0.6 is 0 Å². The van der Waals surface area contributed by atoms with E-state index < -0.39 is 0 Å². The van der Waals surface area contributed by atoms with Gasteiger partial charge in [-0.15, -0.1) is 0 Å². The number of primary amides is 1. The van der Waals surface area contributed by atoms with Crippen LogP contribution < -0.4 is 5.73 Å². The van der Waals surface area contributed by atoms with Crippen molar-refractivity contribution in [2.24, 2.45) is 5.73 Å². The van der Waals surface area contributed by atoms with Crippen LogP contribution in [0.25, 0.3) is 16.9 Å². The summed E-state index contributed by atoms with van der Waals surface area (Å²) in [4.78, 5) is 13.2. The summed E-state index contributed by atoms with van der Waals surface area (Å²) in [6.07, 6.45) is 2.90. The van der Waals surface area contributed by atoms with E-state index in [2.05, 4.69) is 10.7 Å².